The molecular formula is C21H16F4N4O2. The molecule has 31 heavy (non-hydrogen) atoms. The molecule has 0 amide bonds. The molecular weight excluding hydrogens is 416 g/mol. The molecule has 6 nitrogen and oxygen atoms in total. The summed E-state index contributed by atoms with van der Waals surface area (Å²) in [5.41, 5.74) is 3.02. The normalized spacial score (nSPS) is 11.7. The molecule has 4 rings (SSSR count). The number of rotatable bonds is 5. The summed E-state index contributed by atoms with van der Waals surface area (Å²) in [6.45, 7) is 3.91. The zero-order valence-electron chi connectivity index (χ0n) is 16.4. The van der Waals surface area contributed by atoms with Crippen molar-refractivity contribution in [2.75, 3.05) is 0 Å². The van der Waals surface area contributed by atoms with Gasteiger partial charge in [0.1, 0.15) is 11.6 Å². The zero-order chi connectivity index (χ0) is 22.2. The van der Waals surface area contributed by atoms with E-state index in [0.29, 0.717) is 23.4 Å². The fourth-order valence-electron chi connectivity index (χ4n) is 2.93. The largest absolute Gasteiger partial charge is 0.573 e. The zero-order valence-corrected chi connectivity index (χ0v) is 16.4. The Kier molecular flexibility index (Phi) is 5.22. The highest BCUT2D eigenvalue weighted by molar-refractivity contribution is 5.58. The Balaban J connectivity index is 1.53. The molecule has 0 unspecified atom stereocenters. The van der Waals surface area contributed by atoms with Crippen LogP contribution in [0, 0.1) is 19.7 Å². The van der Waals surface area contributed by atoms with Gasteiger partial charge in [0.05, 0.1) is 6.54 Å². The summed E-state index contributed by atoms with van der Waals surface area (Å²) in [5.74, 6) is -0.276. The number of nitrogens with zero attached hydrogens (tertiary/aromatic N) is 4. The molecule has 10 heteroatoms. The first-order valence-corrected chi connectivity index (χ1v) is 9.18. The number of aromatic nitrogens is 4. The van der Waals surface area contributed by atoms with Crippen LogP contribution >= 0.6 is 0 Å². The van der Waals surface area contributed by atoms with E-state index in [-0.39, 0.29) is 23.3 Å². The second-order valence-corrected chi connectivity index (χ2v) is 6.91. The summed E-state index contributed by atoms with van der Waals surface area (Å²) in [7, 11) is 0. The topological polar surface area (TPSA) is 66.0 Å². The Hall–Kier alpha value is -3.69. The molecule has 0 aliphatic rings. The number of hydrogen-bond donors (Lipinski definition) is 0. The first-order valence-electron chi connectivity index (χ1n) is 9.18. The van der Waals surface area contributed by atoms with Crippen molar-refractivity contribution in [2.45, 2.75) is 26.8 Å². The maximum atomic E-state index is 13.8. The highest BCUT2D eigenvalue weighted by atomic mass is 19.4. The summed E-state index contributed by atoms with van der Waals surface area (Å²) in [5, 5.41) is 8.31. The Labute approximate surface area is 174 Å². The number of benzene rings is 2. The predicted molar refractivity (Wildman–Crippen MR) is 103 cm³/mol. The lowest BCUT2D eigenvalue weighted by Gasteiger charge is -2.08. The molecule has 0 aliphatic heterocycles. The second kappa shape index (κ2) is 7.86. The van der Waals surface area contributed by atoms with Gasteiger partial charge in [0.25, 0.3) is 5.89 Å². The standard InChI is InChI=1S/C21H16F4N4O2/c1-12-3-4-14(10-17(12)22)11-29-13(2)9-18(27-29)20-26-19(28-31-20)15-5-7-16(8-6-15)30-21(23,24)25/h3-10H,11H2,1-2H3. The van der Waals surface area contributed by atoms with Gasteiger partial charge in [-0.15, -0.1) is 13.2 Å². The van der Waals surface area contributed by atoms with Crippen LogP contribution in [0.15, 0.2) is 53.1 Å². The van der Waals surface area contributed by atoms with E-state index in [0.717, 1.165) is 11.3 Å². The van der Waals surface area contributed by atoms with Gasteiger partial charge in [-0.1, -0.05) is 17.3 Å². The van der Waals surface area contributed by atoms with Crippen molar-refractivity contribution in [1.29, 1.82) is 0 Å². The van der Waals surface area contributed by atoms with E-state index < -0.39 is 6.36 Å². The second-order valence-electron chi connectivity index (χ2n) is 6.91. The predicted octanol–water partition coefficient (Wildman–Crippen LogP) is 5.30. The van der Waals surface area contributed by atoms with Crippen LogP contribution in [0.3, 0.4) is 0 Å². The molecule has 0 saturated carbocycles. The minimum atomic E-state index is -4.76. The molecule has 2 aromatic heterocycles. The number of alkyl halides is 3. The molecule has 0 fully saturated rings. The van der Waals surface area contributed by atoms with Gasteiger partial charge >= 0.3 is 6.36 Å². The van der Waals surface area contributed by atoms with Crippen LogP contribution in [0.5, 0.6) is 5.75 Å². The van der Waals surface area contributed by atoms with Crippen molar-refractivity contribution in [2.24, 2.45) is 0 Å². The molecule has 160 valence electrons. The molecule has 0 saturated heterocycles. The van der Waals surface area contributed by atoms with Crippen LogP contribution in [-0.2, 0) is 6.54 Å². The number of aryl methyl sites for hydroxylation is 2. The van der Waals surface area contributed by atoms with Gasteiger partial charge in [-0.05, 0) is 61.4 Å². The third kappa shape index (κ3) is 4.73. The molecule has 0 aliphatic carbocycles. The quantitative estimate of drug-likeness (QED) is 0.400. The monoisotopic (exact) mass is 432 g/mol. The molecule has 0 bridgehead atoms. The third-order valence-corrected chi connectivity index (χ3v) is 4.54. The fraction of sp³-hybridized carbons (Fsp3) is 0.190. The summed E-state index contributed by atoms with van der Waals surface area (Å²) < 4.78 is 61.4. The van der Waals surface area contributed by atoms with Crippen LogP contribution in [0.4, 0.5) is 17.6 Å². The lowest BCUT2D eigenvalue weighted by Crippen LogP contribution is -2.16. The third-order valence-electron chi connectivity index (χ3n) is 4.54. The number of halogens is 4. The molecule has 0 N–H and O–H groups in total. The Morgan fingerprint density at radius 3 is 2.45 bits per heavy atom. The highest BCUT2D eigenvalue weighted by Gasteiger charge is 2.31. The Morgan fingerprint density at radius 2 is 1.77 bits per heavy atom. The number of hydrogen-bond acceptors (Lipinski definition) is 5. The average molecular weight is 432 g/mol. The average Bonchev–Trinajstić information content (AvgIpc) is 3.32. The van der Waals surface area contributed by atoms with Gasteiger partial charge in [0.2, 0.25) is 5.82 Å². The SMILES string of the molecule is Cc1ccc(Cn2nc(-c3nc(-c4ccc(OC(F)(F)F)cc4)no3)cc2C)cc1F. The summed E-state index contributed by atoms with van der Waals surface area (Å²) in [6.07, 6.45) is -4.76. The molecule has 0 spiro atoms. The first kappa shape index (κ1) is 20.6. The molecule has 0 atom stereocenters. The van der Waals surface area contributed by atoms with E-state index in [4.69, 9.17) is 4.52 Å². The lowest BCUT2D eigenvalue weighted by atomic mass is 10.1. The van der Waals surface area contributed by atoms with E-state index in [9.17, 15) is 17.6 Å². The van der Waals surface area contributed by atoms with Gasteiger partial charge in [-0.3, -0.25) is 4.68 Å². The maximum absolute atomic E-state index is 13.8. The van der Waals surface area contributed by atoms with Gasteiger partial charge in [0.15, 0.2) is 5.69 Å². The summed E-state index contributed by atoms with van der Waals surface area (Å²) in [4.78, 5) is 4.27. The van der Waals surface area contributed by atoms with Crippen LogP contribution < -0.4 is 4.74 Å². The number of ether oxygens (including phenoxy) is 1. The van der Waals surface area contributed by atoms with Gasteiger partial charge in [0, 0.05) is 11.3 Å². The van der Waals surface area contributed by atoms with Crippen molar-refractivity contribution in [3.05, 3.63) is 71.2 Å². The van der Waals surface area contributed by atoms with Gasteiger partial charge in [-0.25, -0.2) is 4.39 Å². The van der Waals surface area contributed by atoms with E-state index in [1.165, 1.54) is 30.3 Å². The fourth-order valence-corrected chi connectivity index (χ4v) is 2.93. The molecule has 0 radical (unpaired) electrons. The van der Waals surface area contributed by atoms with Gasteiger partial charge in [-0.2, -0.15) is 10.1 Å². The van der Waals surface area contributed by atoms with E-state index in [1.807, 2.05) is 13.0 Å². The van der Waals surface area contributed by atoms with Crippen molar-refractivity contribution in [1.82, 2.24) is 19.9 Å². The molecule has 2 aromatic carbocycles. The van der Waals surface area contributed by atoms with Crippen molar-refractivity contribution < 1.29 is 26.8 Å². The van der Waals surface area contributed by atoms with Crippen molar-refractivity contribution >= 4 is 0 Å². The van der Waals surface area contributed by atoms with E-state index >= 15 is 0 Å². The smallest absolute Gasteiger partial charge is 0.406 e. The van der Waals surface area contributed by atoms with E-state index in [1.54, 1.807) is 23.7 Å². The van der Waals surface area contributed by atoms with Crippen LogP contribution in [0.2, 0.25) is 0 Å². The van der Waals surface area contributed by atoms with E-state index in [2.05, 4.69) is 20.0 Å². The van der Waals surface area contributed by atoms with Crippen LogP contribution in [0.25, 0.3) is 23.0 Å². The summed E-state index contributed by atoms with van der Waals surface area (Å²) in [6, 6.07) is 11.9. The summed E-state index contributed by atoms with van der Waals surface area (Å²) >= 11 is 0. The maximum Gasteiger partial charge on any atom is 0.573 e. The van der Waals surface area contributed by atoms with Crippen molar-refractivity contribution in [3.8, 4) is 28.7 Å². The van der Waals surface area contributed by atoms with Gasteiger partial charge < -0.3 is 9.26 Å². The molecule has 4 aromatic rings. The van der Waals surface area contributed by atoms with Crippen LogP contribution in [0.1, 0.15) is 16.8 Å². The lowest BCUT2D eigenvalue weighted by molar-refractivity contribution is -0.274. The Morgan fingerprint density at radius 1 is 1.03 bits per heavy atom. The first-order chi connectivity index (χ1) is 14.7. The Bertz CT molecular complexity index is 1210. The highest BCUT2D eigenvalue weighted by Crippen LogP contribution is 2.27. The molecule has 2 heterocycles. The van der Waals surface area contributed by atoms with Crippen molar-refractivity contribution in [3.63, 3.8) is 0 Å². The minimum Gasteiger partial charge on any atom is -0.406 e. The minimum absolute atomic E-state index is 0.155. The van der Waals surface area contributed by atoms with Crippen LogP contribution in [-0.4, -0.2) is 26.3 Å².